The molecule has 42 heavy (non-hydrogen) atoms. The number of hydrogen-bond acceptors (Lipinski definition) is 5. The zero-order valence-electron chi connectivity index (χ0n) is 27.6. The molecule has 1 atom stereocenters. The number of ether oxygens (including phenoxy) is 1. The summed E-state index contributed by atoms with van der Waals surface area (Å²) in [5.74, 6) is 0.968. The smallest absolute Gasteiger partial charge is 0.407 e. The van der Waals surface area contributed by atoms with E-state index in [1.54, 1.807) is 0 Å². The molecular weight excluding hydrogens is 596 g/mol. The van der Waals surface area contributed by atoms with Crippen molar-refractivity contribution in [3.05, 3.63) is 11.1 Å². The number of halogens is 1. The summed E-state index contributed by atoms with van der Waals surface area (Å²) >= 11 is 0. The van der Waals surface area contributed by atoms with Crippen LogP contribution in [0, 0.1) is 0 Å². The first-order chi connectivity index (χ1) is 19.5. The topological polar surface area (TPSA) is 93.9 Å². The lowest BCUT2D eigenvalue weighted by Crippen LogP contribution is -3.00. The number of alkyl carbamates (subject to hydrolysis) is 1. The molecule has 0 saturated heterocycles. The molecule has 0 aromatic carbocycles. The van der Waals surface area contributed by atoms with Gasteiger partial charge in [-0.25, -0.2) is 9.69 Å². The first-order valence-electron chi connectivity index (χ1n) is 16.5. The van der Waals surface area contributed by atoms with Crippen LogP contribution in [0.2, 0.25) is 0 Å². The quantitative estimate of drug-likeness (QED) is 0.147. The molecule has 0 fully saturated rings. The molecule has 0 aliphatic carbocycles. The van der Waals surface area contributed by atoms with Crippen molar-refractivity contribution in [3.8, 4) is 0 Å². The van der Waals surface area contributed by atoms with Crippen LogP contribution in [0.15, 0.2) is 11.1 Å². The highest BCUT2D eigenvalue weighted by molar-refractivity contribution is 5.99. The summed E-state index contributed by atoms with van der Waals surface area (Å²) in [6, 6.07) is 0. The number of fused-ring (bicyclic) bond motifs is 1. The second-order valence-corrected chi connectivity index (χ2v) is 13.1. The fourth-order valence-corrected chi connectivity index (χ4v) is 6.01. The van der Waals surface area contributed by atoms with Gasteiger partial charge in [0, 0.05) is 37.1 Å². The fraction of sp³-hybridized carbons (Fsp3) is 0.848. The number of nitrogens with one attached hydrogen (secondary N) is 2. The molecule has 3 N–H and O–H groups in total. The largest absolute Gasteiger partial charge is 1.00 e. The number of hydrogen-bond donors (Lipinski definition) is 3. The normalized spacial score (nSPS) is 18.6. The number of carbonyl (C=O) groups excluding carboxylic acids is 2. The predicted molar refractivity (Wildman–Crippen MR) is 167 cm³/mol. The van der Waals surface area contributed by atoms with Crippen molar-refractivity contribution in [2.45, 2.75) is 149 Å². The summed E-state index contributed by atoms with van der Waals surface area (Å²) in [5.41, 5.74) is 0.652. The van der Waals surface area contributed by atoms with E-state index in [9.17, 15) is 14.7 Å². The number of nitrogens with zero attached hydrogens (tertiary/aromatic N) is 2. The number of aliphatic hydroxyl groups is 1. The minimum absolute atomic E-state index is 0. The molecule has 0 aromatic heterocycles. The van der Waals surface area contributed by atoms with Gasteiger partial charge >= 0.3 is 6.09 Å². The zero-order valence-corrected chi connectivity index (χ0v) is 29.2. The van der Waals surface area contributed by atoms with E-state index in [2.05, 4.69) is 40.9 Å². The van der Waals surface area contributed by atoms with E-state index in [0.717, 1.165) is 55.8 Å². The van der Waals surface area contributed by atoms with E-state index in [4.69, 9.17) is 4.74 Å². The van der Waals surface area contributed by atoms with E-state index < -0.39 is 17.4 Å². The van der Waals surface area contributed by atoms with Crippen molar-refractivity contribution in [1.82, 2.24) is 15.5 Å². The first kappa shape index (κ1) is 38.4. The van der Waals surface area contributed by atoms with Crippen LogP contribution >= 0.6 is 0 Å². The average Bonchev–Trinajstić information content (AvgIpc) is 3.10. The van der Waals surface area contributed by atoms with Crippen molar-refractivity contribution in [2.24, 2.45) is 0 Å². The van der Waals surface area contributed by atoms with Crippen molar-refractivity contribution in [2.75, 3.05) is 32.7 Å². The maximum absolute atomic E-state index is 12.8. The molecule has 2 aliphatic heterocycles. The maximum atomic E-state index is 12.8. The van der Waals surface area contributed by atoms with Crippen molar-refractivity contribution >= 4 is 17.8 Å². The third-order valence-electron chi connectivity index (χ3n) is 8.37. The van der Waals surface area contributed by atoms with Gasteiger partial charge in [0.05, 0.1) is 13.1 Å². The Morgan fingerprint density at radius 3 is 2.02 bits per heavy atom. The Bertz CT molecular complexity index is 899. The van der Waals surface area contributed by atoms with Crippen LogP contribution in [0.5, 0.6) is 0 Å². The maximum Gasteiger partial charge on any atom is 0.407 e. The lowest BCUT2D eigenvalue weighted by atomic mass is 9.96. The molecule has 0 spiro atoms. The van der Waals surface area contributed by atoms with Crippen LogP contribution in [0.1, 0.15) is 138 Å². The number of rotatable bonds is 19. The molecular formula is C33H61BrN4O4. The van der Waals surface area contributed by atoms with Crippen molar-refractivity contribution in [1.29, 1.82) is 0 Å². The molecule has 0 bridgehead atoms. The van der Waals surface area contributed by atoms with E-state index in [1.165, 1.54) is 64.2 Å². The molecule has 0 saturated carbocycles. The van der Waals surface area contributed by atoms with Gasteiger partial charge in [0.1, 0.15) is 5.60 Å². The Balaban J connectivity index is 0.00000882. The molecule has 244 valence electrons. The van der Waals surface area contributed by atoms with Gasteiger partial charge in [0.2, 0.25) is 5.72 Å². The van der Waals surface area contributed by atoms with E-state index >= 15 is 0 Å². The van der Waals surface area contributed by atoms with Gasteiger partial charge in [-0.2, -0.15) is 0 Å². The SMILES string of the molecule is CCCCCCCCCCCCCCC1(O)C(C)=C(C)C2=[N+](CC(=O)NCCCNC(=O)OC(C)(C)C)CCCN21.[Br-]. The van der Waals surface area contributed by atoms with Crippen molar-refractivity contribution < 1.29 is 41.0 Å². The van der Waals surface area contributed by atoms with Gasteiger partial charge in [-0.3, -0.25) is 9.37 Å². The highest BCUT2D eigenvalue weighted by Crippen LogP contribution is 2.39. The fourth-order valence-electron chi connectivity index (χ4n) is 6.01. The molecule has 0 radical (unpaired) electrons. The Labute approximate surface area is 266 Å². The highest BCUT2D eigenvalue weighted by atomic mass is 79.9. The summed E-state index contributed by atoms with van der Waals surface area (Å²) < 4.78 is 7.35. The minimum Gasteiger partial charge on any atom is -1.00 e. The lowest BCUT2D eigenvalue weighted by molar-refractivity contribution is -0.528. The predicted octanol–water partition coefficient (Wildman–Crippen LogP) is 3.27. The number of unbranched alkanes of at least 4 members (excludes halogenated alkanes) is 11. The monoisotopic (exact) mass is 656 g/mol. The lowest BCUT2D eigenvalue weighted by Gasteiger charge is -2.34. The van der Waals surface area contributed by atoms with E-state index in [0.29, 0.717) is 19.5 Å². The van der Waals surface area contributed by atoms with Crippen LogP contribution in [0.25, 0.3) is 0 Å². The van der Waals surface area contributed by atoms with Crippen LogP contribution < -0.4 is 27.6 Å². The third-order valence-corrected chi connectivity index (χ3v) is 8.37. The third kappa shape index (κ3) is 12.9. The van der Waals surface area contributed by atoms with Gasteiger partial charge in [0.25, 0.3) is 11.7 Å². The summed E-state index contributed by atoms with van der Waals surface area (Å²) in [6.45, 7) is 14.7. The van der Waals surface area contributed by atoms with Gasteiger partial charge in [-0.05, 0) is 47.5 Å². The Morgan fingerprint density at radius 1 is 0.905 bits per heavy atom. The Kier molecular flexibility index (Phi) is 17.9. The van der Waals surface area contributed by atoms with E-state index in [-0.39, 0.29) is 29.4 Å². The van der Waals surface area contributed by atoms with Gasteiger partial charge < -0.3 is 37.5 Å². The van der Waals surface area contributed by atoms with Crippen LogP contribution in [0.4, 0.5) is 4.79 Å². The molecule has 8 nitrogen and oxygen atoms in total. The van der Waals surface area contributed by atoms with E-state index in [1.807, 2.05) is 20.8 Å². The number of carbonyl (C=O) groups is 2. The van der Waals surface area contributed by atoms with Gasteiger partial charge in [0.15, 0.2) is 6.54 Å². The standard InChI is InChI=1S/C33H60N4O4.BrH/c1-7-8-9-10-11-12-13-14-15-16-17-18-21-33(40)28(3)27(2)30-36(24-20-25-37(30)33)26-29(38)34-22-19-23-35-31(39)41-32(4,5)6;/h40H,7-26H2,1-6H3,(H-,34,35,38,39);1H. The van der Waals surface area contributed by atoms with Gasteiger partial charge in [-0.1, -0.05) is 77.6 Å². The second kappa shape index (κ2) is 19.6. The summed E-state index contributed by atoms with van der Waals surface area (Å²) in [5, 5.41) is 17.5. The number of amidine groups is 1. The molecule has 2 rings (SSSR count). The van der Waals surface area contributed by atoms with Crippen LogP contribution in [-0.4, -0.2) is 76.5 Å². The summed E-state index contributed by atoms with van der Waals surface area (Å²) in [4.78, 5) is 26.7. The number of amides is 2. The molecule has 1 unspecified atom stereocenters. The molecule has 2 aliphatic rings. The molecule has 9 heteroatoms. The Hall–Kier alpha value is -1.61. The Morgan fingerprint density at radius 2 is 1.45 bits per heavy atom. The average molecular weight is 658 g/mol. The van der Waals surface area contributed by atoms with Crippen LogP contribution in [0.3, 0.4) is 0 Å². The minimum atomic E-state index is -0.944. The zero-order chi connectivity index (χ0) is 30.3. The van der Waals surface area contributed by atoms with Crippen LogP contribution in [-0.2, 0) is 9.53 Å². The molecule has 2 heterocycles. The first-order valence-corrected chi connectivity index (χ1v) is 16.5. The summed E-state index contributed by atoms with van der Waals surface area (Å²) in [7, 11) is 0. The van der Waals surface area contributed by atoms with Gasteiger partial charge in [-0.15, -0.1) is 0 Å². The van der Waals surface area contributed by atoms with Crippen molar-refractivity contribution in [3.63, 3.8) is 0 Å². The summed E-state index contributed by atoms with van der Waals surface area (Å²) in [6.07, 6.45) is 17.5. The molecule has 2 amide bonds. The molecule has 0 aromatic rings. The highest BCUT2D eigenvalue weighted by Gasteiger charge is 2.53. The second-order valence-electron chi connectivity index (χ2n) is 13.1.